The van der Waals surface area contributed by atoms with Crippen molar-refractivity contribution in [3.8, 4) is 0 Å². The Balaban J connectivity index is 1.75. The first-order chi connectivity index (χ1) is 9.65. The highest BCUT2D eigenvalue weighted by molar-refractivity contribution is 5.96. The molecule has 1 aliphatic rings. The predicted octanol–water partition coefficient (Wildman–Crippen LogP) is 1.89. The molecule has 0 radical (unpaired) electrons. The highest BCUT2D eigenvalue weighted by Gasteiger charge is 2.18. The number of urea groups is 1. The summed E-state index contributed by atoms with van der Waals surface area (Å²) in [6, 6.07) is 9.43. The molecule has 5 heteroatoms. The number of imide groups is 1. The van der Waals surface area contributed by atoms with E-state index in [0.29, 0.717) is 0 Å². The molecule has 1 fully saturated rings. The Bertz CT molecular complexity index is 455. The molecule has 0 unspecified atom stereocenters. The Kier molecular flexibility index (Phi) is 4.98. The Morgan fingerprint density at radius 3 is 2.50 bits per heavy atom. The molecular weight excluding hydrogens is 254 g/mol. The average Bonchev–Trinajstić information content (AvgIpc) is 2.92. The molecule has 2 rings (SSSR count). The van der Waals surface area contributed by atoms with Crippen LogP contribution in [-0.4, -0.2) is 31.6 Å². The molecule has 1 aliphatic carbocycles. The Hall–Kier alpha value is -2.04. The first-order valence-electron chi connectivity index (χ1n) is 7.01. The van der Waals surface area contributed by atoms with Crippen LogP contribution in [0.3, 0.4) is 0 Å². The first kappa shape index (κ1) is 14.4. The van der Waals surface area contributed by atoms with Crippen molar-refractivity contribution in [2.75, 3.05) is 18.5 Å². The lowest BCUT2D eigenvalue weighted by Crippen LogP contribution is -2.46. The van der Waals surface area contributed by atoms with E-state index in [4.69, 9.17) is 0 Å². The molecule has 0 aromatic heterocycles. The maximum Gasteiger partial charge on any atom is 0.321 e. The van der Waals surface area contributed by atoms with E-state index in [0.717, 1.165) is 31.4 Å². The highest BCUT2D eigenvalue weighted by atomic mass is 16.2. The molecule has 0 bridgehead atoms. The van der Waals surface area contributed by atoms with Crippen LogP contribution >= 0.6 is 0 Å². The van der Waals surface area contributed by atoms with Crippen LogP contribution in [0.25, 0.3) is 0 Å². The minimum atomic E-state index is -0.386. The van der Waals surface area contributed by atoms with Gasteiger partial charge in [0, 0.05) is 18.8 Å². The molecule has 3 amide bonds. The standard InChI is InChI=1S/C15H21N3O2/c1-18(13-9-3-2-4-10-13)11-14(19)17-15(20)16-12-7-5-6-8-12/h2-4,9-10,12H,5-8,11H2,1H3,(H2,16,17,19,20). The number of hydrogen-bond donors (Lipinski definition) is 2. The maximum absolute atomic E-state index is 11.8. The second kappa shape index (κ2) is 6.93. The second-order valence-corrected chi connectivity index (χ2v) is 5.19. The van der Waals surface area contributed by atoms with Gasteiger partial charge in [-0.25, -0.2) is 4.79 Å². The minimum Gasteiger partial charge on any atom is -0.365 e. The number of nitrogens with zero attached hydrogens (tertiary/aromatic N) is 1. The van der Waals surface area contributed by atoms with E-state index in [9.17, 15) is 9.59 Å². The largest absolute Gasteiger partial charge is 0.365 e. The van der Waals surface area contributed by atoms with Crippen LogP contribution in [0.1, 0.15) is 25.7 Å². The van der Waals surface area contributed by atoms with Gasteiger partial charge in [0.05, 0.1) is 6.54 Å². The van der Waals surface area contributed by atoms with E-state index in [2.05, 4.69) is 10.6 Å². The number of rotatable bonds is 4. The van der Waals surface area contributed by atoms with Crippen molar-refractivity contribution in [1.29, 1.82) is 0 Å². The smallest absolute Gasteiger partial charge is 0.321 e. The van der Waals surface area contributed by atoms with Crippen LogP contribution in [-0.2, 0) is 4.79 Å². The topological polar surface area (TPSA) is 61.4 Å². The summed E-state index contributed by atoms with van der Waals surface area (Å²) in [5.74, 6) is -0.299. The normalized spacial score (nSPS) is 14.8. The molecule has 1 saturated carbocycles. The van der Waals surface area contributed by atoms with E-state index in [1.165, 1.54) is 0 Å². The Morgan fingerprint density at radius 2 is 1.85 bits per heavy atom. The number of hydrogen-bond acceptors (Lipinski definition) is 3. The van der Waals surface area contributed by atoms with Crippen LogP contribution in [0.15, 0.2) is 30.3 Å². The third-order valence-corrected chi connectivity index (χ3v) is 3.52. The van der Waals surface area contributed by atoms with Crippen LogP contribution in [0, 0.1) is 0 Å². The number of benzene rings is 1. The number of carbonyl (C=O) groups excluding carboxylic acids is 2. The number of para-hydroxylation sites is 1. The zero-order valence-corrected chi connectivity index (χ0v) is 11.8. The van der Waals surface area contributed by atoms with Gasteiger partial charge in [0.2, 0.25) is 5.91 Å². The molecule has 108 valence electrons. The van der Waals surface area contributed by atoms with Crippen molar-refractivity contribution in [3.63, 3.8) is 0 Å². The zero-order valence-electron chi connectivity index (χ0n) is 11.8. The van der Waals surface area contributed by atoms with Crippen molar-refractivity contribution in [2.24, 2.45) is 0 Å². The molecule has 0 atom stereocenters. The lowest BCUT2D eigenvalue weighted by atomic mass is 10.2. The molecular formula is C15H21N3O2. The SMILES string of the molecule is CN(CC(=O)NC(=O)NC1CCCC1)c1ccccc1. The summed E-state index contributed by atoms with van der Waals surface area (Å²) in [5, 5.41) is 5.21. The molecule has 1 aromatic rings. The molecule has 0 spiro atoms. The summed E-state index contributed by atoms with van der Waals surface area (Å²) in [5.41, 5.74) is 0.943. The van der Waals surface area contributed by atoms with Gasteiger partial charge in [-0.05, 0) is 25.0 Å². The monoisotopic (exact) mass is 275 g/mol. The van der Waals surface area contributed by atoms with Gasteiger partial charge in [-0.1, -0.05) is 31.0 Å². The summed E-state index contributed by atoms with van der Waals surface area (Å²) in [7, 11) is 1.82. The van der Waals surface area contributed by atoms with Gasteiger partial charge in [0.25, 0.3) is 0 Å². The lowest BCUT2D eigenvalue weighted by Gasteiger charge is -2.19. The summed E-state index contributed by atoms with van der Waals surface area (Å²) < 4.78 is 0. The van der Waals surface area contributed by atoms with Crippen molar-refractivity contribution in [3.05, 3.63) is 30.3 Å². The van der Waals surface area contributed by atoms with Gasteiger partial charge in [0.1, 0.15) is 0 Å². The number of likely N-dealkylation sites (N-methyl/N-ethyl adjacent to an activating group) is 1. The van der Waals surface area contributed by atoms with E-state index in [1.54, 1.807) is 4.90 Å². The van der Waals surface area contributed by atoms with Crippen molar-refractivity contribution in [2.45, 2.75) is 31.7 Å². The number of nitrogens with one attached hydrogen (secondary N) is 2. The van der Waals surface area contributed by atoms with Crippen LogP contribution in [0.4, 0.5) is 10.5 Å². The van der Waals surface area contributed by atoms with E-state index in [-0.39, 0.29) is 24.5 Å². The van der Waals surface area contributed by atoms with Crippen molar-refractivity contribution >= 4 is 17.6 Å². The summed E-state index contributed by atoms with van der Waals surface area (Å²) >= 11 is 0. The zero-order chi connectivity index (χ0) is 14.4. The van der Waals surface area contributed by atoms with Crippen molar-refractivity contribution in [1.82, 2.24) is 10.6 Å². The van der Waals surface area contributed by atoms with Crippen LogP contribution in [0.5, 0.6) is 0 Å². The highest BCUT2D eigenvalue weighted by Crippen LogP contribution is 2.17. The number of carbonyl (C=O) groups is 2. The lowest BCUT2D eigenvalue weighted by molar-refractivity contribution is -0.118. The molecule has 0 heterocycles. The quantitative estimate of drug-likeness (QED) is 0.882. The first-order valence-corrected chi connectivity index (χ1v) is 7.01. The predicted molar refractivity (Wildman–Crippen MR) is 78.6 cm³/mol. The van der Waals surface area contributed by atoms with Gasteiger partial charge in [-0.3, -0.25) is 10.1 Å². The van der Waals surface area contributed by atoms with Crippen LogP contribution in [0.2, 0.25) is 0 Å². The van der Waals surface area contributed by atoms with Gasteiger partial charge >= 0.3 is 6.03 Å². The molecule has 20 heavy (non-hydrogen) atoms. The fraction of sp³-hybridized carbons (Fsp3) is 0.467. The molecule has 5 nitrogen and oxygen atoms in total. The van der Waals surface area contributed by atoms with Gasteiger partial charge < -0.3 is 10.2 Å². The molecule has 0 aliphatic heterocycles. The summed E-state index contributed by atoms with van der Waals surface area (Å²) in [4.78, 5) is 25.3. The minimum absolute atomic E-state index is 0.155. The molecule has 0 saturated heterocycles. The van der Waals surface area contributed by atoms with Gasteiger partial charge in [-0.2, -0.15) is 0 Å². The fourth-order valence-corrected chi connectivity index (χ4v) is 2.45. The van der Waals surface area contributed by atoms with E-state index in [1.807, 2.05) is 37.4 Å². The molecule has 1 aromatic carbocycles. The summed E-state index contributed by atoms with van der Waals surface area (Å²) in [6.07, 6.45) is 4.31. The van der Waals surface area contributed by atoms with E-state index >= 15 is 0 Å². The van der Waals surface area contributed by atoms with Gasteiger partial charge in [0.15, 0.2) is 0 Å². The van der Waals surface area contributed by atoms with Crippen molar-refractivity contribution < 1.29 is 9.59 Å². The Morgan fingerprint density at radius 1 is 1.20 bits per heavy atom. The summed E-state index contributed by atoms with van der Waals surface area (Å²) in [6.45, 7) is 0.155. The number of anilines is 1. The van der Waals surface area contributed by atoms with Gasteiger partial charge in [-0.15, -0.1) is 0 Å². The third-order valence-electron chi connectivity index (χ3n) is 3.52. The average molecular weight is 275 g/mol. The van der Waals surface area contributed by atoms with E-state index < -0.39 is 0 Å². The molecule has 2 N–H and O–H groups in total. The second-order valence-electron chi connectivity index (χ2n) is 5.19. The number of amides is 3. The third kappa shape index (κ3) is 4.26. The van der Waals surface area contributed by atoms with Crippen LogP contribution < -0.4 is 15.5 Å². The Labute approximate surface area is 119 Å². The maximum atomic E-state index is 11.8. The fourth-order valence-electron chi connectivity index (χ4n) is 2.45.